The third-order valence-corrected chi connectivity index (χ3v) is 4.40. The molecule has 1 rings (SSSR count). The zero-order valence-electron chi connectivity index (χ0n) is 14.9. The van der Waals surface area contributed by atoms with Crippen molar-refractivity contribution in [3.8, 4) is 0 Å². The van der Waals surface area contributed by atoms with Crippen LogP contribution in [0.5, 0.6) is 0 Å². The maximum Gasteiger partial charge on any atom is 0.451 e. The molecule has 9 heteroatoms. The summed E-state index contributed by atoms with van der Waals surface area (Å²) in [7, 11) is 0. The Labute approximate surface area is 145 Å². The fourth-order valence-electron chi connectivity index (χ4n) is 3.00. The first-order valence-electron chi connectivity index (χ1n) is 8.35. The van der Waals surface area contributed by atoms with Gasteiger partial charge in [-0.2, -0.15) is 13.2 Å². The molecule has 3 atom stereocenters. The second-order valence-corrected chi connectivity index (χ2v) is 7.07. The minimum absolute atomic E-state index is 0.188. The van der Waals surface area contributed by atoms with Crippen LogP contribution in [0.15, 0.2) is 0 Å². The van der Waals surface area contributed by atoms with Gasteiger partial charge in [0.05, 0.1) is 18.1 Å². The topological polar surface area (TPSA) is 92.5 Å². The summed E-state index contributed by atoms with van der Waals surface area (Å²) < 4.78 is 38.7. The molecule has 1 fully saturated rings. The van der Waals surface area contributed by atoms with Crippen molar-refractivity contribution in [2.45, 2.75) is 64.8 Å². The van der Waals surface area contributed by atoms with Crippen LogP contribution in [0.4, 0.5) is 13.2 Å². The van der Waals surface area contributed by atoms with E-state index < -0.39 is 47.8 Å². The van der Waals surface area contributed by atoms with Crippen molar-refractivity contribution in [1.82, 2.24) is 10.2 Å². The van der Waals surface area contributed by atoms with Crippen LogP contribution < -0.4 is 11.1 Å². The predicted molar refractivity (Wildman–Crippen MR) is 85.4 cm³/mol. The summed E-state index contributed by atoms with van der Waals surface area (Å²) >= 11 is 0. The van der Waals surface area contributed by atoms with Gasteiger partial charge in [0.25, 0.3) is 5.78 Å². The fraction of sp³-hybridized carbons (Fsp3) is 0.812. The Balaban J connectivity index is 2.94. The minimum Gasteiger partial charge on any atom is -0.320 e. The van der Waals surface area contributed by atoms with Crippen LogP contribution in [0, 0.1) is 11.8 Å². The standard InChI is InChI=1S/C16H26F3N3O3/c1-8(2)11(20)15(25)21-14(24)10-6-5-7-22(10)12(9(3)4)13(23)16(17,18)19/h8-12H,5-7,20H2,1-4H3,(H,21,24,25)/t10-,11-,12?/m0/s1. The smallest absolute Gasteiger partial charge is 0.320 e. The number of carbonyl (C=O) groups is 3. The van der Waals surface area contributed by atoms with E-state index in [1.807, 2.05) is 0 Å². The summed E-state index contributed by atoms with van der Waals surface area (Å²) in [5.41, 5.74) is 5.67. The quantitative estimate of drug-likeness (QED) is 0.739. The summed E-state index contributed by atoms with van der Waals surface area (Å²) in [6, 6.07) is -3.30. The molecular formula is C16H26F3N3O3. The van der Waals surface area contributed by atoms with Gasteiger partial charge in [-0.15, -0.1) is 0 Å². The van der Waals surface area contributed by atoms with Crippen LogP contribution in [-0.4, -0.2) is 53.3 Å². The van der Waals surface area contributed by atoms with Gasteiger partial charge >= 0.3 is 6.18 Å². The van der Waals surface area contributed by atoms with Crippen LogP contribution in [0.2, 0.25) is 0 Å². The molecule has 0 radical (unpaired) electrons. The minimum atomic E-state index is -4.98. The highest BCUT2D eigenvalue weighted by atomic mass is 19.4. The van der Waals surface area contributed by atoms with Crippen molar-refractivity contribution in [1.29, 1.82) is 0 Å². The number of nitrogens with zero attached hydrogens (tertiary/aromatic N) is 1. The molecule has 2 amide bonds. The molecule has 1 aliphatic rings. The van der Waals surface area contributed by atoms with Gasteiger partial charge in [-0.05, 0) is 31.2 Å². The first-order valence-corrected chi connectivity index (χ1v) is 8.35. The van der Waals surface area contributed by atoms with Gasteiger partial charge in [0.2, 0.25) is 11.8 Å². The Morgan fingerprint density at radius 3 is 2.12 bits per heavy atom. The van der Waals surface area contributed by atoms with Crippen molar-refractivity contribution in [2.24, 2.45) is 17.6 Å². The molecule has 1 aliphatic heterocycles. The number of imide groups is 1. The molecule has 0 aromatic rings. The Hall–Kier alpha value is -1.48. The van der Waals surface area contributed by atoms with E-state index in [4.69, 9.17) is 5.73 Å². The Morgan fingerprint density at radius 1 is 1.12 bits per heavy atom. The van der Waals surface area contributed by atoms with Gasteiger partial charge in [-0.3, -0.25) is 24.6 Å². The van der Waals surface area contributed by atoms with Crippen LogP contribution in [0.3, 0.4) is 0 Å². The lowest BCUT2D eigenvalue weighted by Gasteiger charge is -2.34. The van der Waals surface area contributed by atoms with Crippen LogP contribution in [0.25, 0.3) is 0 Å². The van der Waals surface area contributed by atoms with Crippen molar-refractivity contribution < 1.29 is 27.6 Å². The molecule has 0 saturated carbocycles. The number of rotatable bonds is 6. The third-order valence-electron chi connectivity index (χ3n) is 4.40. The number of nitrogens with two attached hydrogens (primary N) is 1. The van der Waals surface area contributed by atoms with Gasteiger partial charge in [0.1, 0.15) is 0 Å². The third kappa shape index (κ3) is 5.24. The summed E-state index contributed by atoms with van der Waals surface area (Å²) in [6.45, 7) is 6.62. The van der Waals surface area contributed by atoms with Crippen molar-refractivity contribution in [2.75, 3.05) is 6.54 Å². The second kappa shape index (κ2) is 8.27. The average molecular weight is 365 g/mol. The average Bonchev–Trinajstić information content (AvgIpc) is 2.94. The summed E-state index contributed by atoms with van der Waals surface area (Å²) in [5, 5.41) is 2.17. The predicted octanol–water partition coefficient (Wildman–Crippen LogP) is 1.23. The molecule has 3 N–H and O–H groups in total. The van der Waals surface area contributed by atoms with Crippen LogP contribution >= 0.6 is 0 Å². The Kier molecular flexibility index (Phi) is 7.13. The van der Waals surface area contributed by atoms with Crippen molar-refractivity contribution in [3.63, 3.8) is 0 Å². The molecule has 0 spiro atoms. The molecule has 0 aliphatic carbocycles. The lowest BCUT2D eigenvalue weighted by atomic mass is 9.96. The van der Waals surface area contributed by atoms with E-state index >= 15 is 0 Å². The zero-order valence-corrected chi connectivity index (χ0v) is 14.9. The van der Waals surface area contributed by atoms with E-state index in [1.165, 1.54) is 18.7 Å². The van der Waals surface area contributed by atoms with E-state index in [2.05, 4.69) is 5.32 Å². The number of nitrogens with one attached hydrogen (secondary N) is 1. The van der Waals surface area contributed by atoms with Gasteiger partial charge < -0.3 is 5.73 Å². The van der Waals surface area contributed by atoms with E-state index in [0.717, 1.165) is 0 Å². The highest BCUT2D eigenvalue weighted by Crippen LogP contribution is 2.30. The fourth-order valence-corrected chi connectivity index (χ4v) is 3.00. The molecule has 1 saturated heterocycles. The van der Waals surface area contributed by atoms with Gasteiger partial charge in [-0.25, -0.2) is 0 Å². The number of hydrogen-bond acceptors (Lipinski definition) is 5. The molecule has 144 valence electrons. The molecule has 0 aromatic heterocycles. The first-order chi connectivity index (χ1) is 11.4. The van der Waals surface area contributed by atoms with Crippen molar-refractivity contribution in [3.05, 3.63) is 0 Å². The zero-order chi connectivity index (χ0) is 19.5. The lowest BCUT2D eigenvalue weighted by Crippen LogP contribution is -2.57. The molecule has 0 bridgehead atoms. The summed E-state index contributed by atoms with van der Waals surface area (Å²) in [4.78, 5) is 37.4. The highest BCUT2D eigenvalue weighted by Gasteiger charge is 2.49. The number of likely N-dealkylation sites (tertiary alicyclic amines) is 1. The molecular weight excluding hydrogens is 339 g/mol. The highest BCUT2D eigenvalue weighted by molar-refractivity contribution is 6.00. The molecule has 1 heterocycles. The number of hydrogen-bond donors (Lipinski definition) is 2. The molecule has 25 heavy (non-hydrogen) atoms. The maximum absolute atomic E-state index is 12.9. The number of ketones is 1. The maximum atomic E-state index is 12.9. The summed E-state index contributed by atoms with van der Waals surface area (Å²) in [6.07, 6.45) is -4.23. The number of Topliss-reactive ketones (excluding diaryl/α,β-unsaturated/α-hetero) is 1. The number of amides is 2. The Morgan fingerprint density at radius 2 is 1.68 bits per heavy atom. The van der Waals surface area contributed by atoms with E-state index in [-0.39, 0.29) is 18.9 Å². The van der Waals surface area contributed by atoms with Crippen LogP contribution in [-0.2, 0) is 14.4 Å². The van der Waals surface area contributed by atoms with Crippen molar-refractivity contribution >= 4 is 17.6 Å². The Bertz CT molecular complexity index is 520. The first kappa shape index (κ1) is 21.6. The second-order valence-electron chi connectivity index (χ2n) is 7.07. The molecule has 6 nitrogen and oxygen atoms in total. The van der Waals surface area contributed by atoms with Crippen LogP contribution in [0.1, 0.15) is 40.5 Å². The number of carbonyl (C=O) groups excluding carboxylic acids is 3. The van der Waals surface area contributed by atoms with Gasteiger partial charge in [-0.1, -0.05) is 27.7 Å². The normalized spacial score (nSPS) is 21.4. The molecule has 0 aromatic carbocycles. The number of alkyl halides is 3. The largest absolute Gasteiger partial charge is 0.451 e. The van der Waals surface area contributed by atoms with Gasteiger partial charge in [0.15, 0.2) is 0 Å². The van der Waals surface area contributed by atoms with E-state index in [0.29, 0.717) is 6.42 Å². The monoisotopic (exact) mass is 365 g/mol. The number of halogens is 3. The molecule has 1 unspecified atom stereocenters. The summed E-state index contributed by atoms with van der Waals surface area (Å²) in [5.74, 6) is -4.07. The SMILES string of the molecule is CC(C)C(C(=O)C(F)(F)F)N1CCC[C@H]1C(=O)NC(=O)[C@@H](N)C(C)C. The van der Waals surface area contributed by atoms with E-state index in [1.54, 1.807) is 13.8 Å². The lowest BCUT2D eigenvalue weighted by molar-refractivity contribution is -0.179. The van der Waals surface area contributed by atoms with E-state index in [9.17, 15) is 27.6 Å². The van der Waals surface area contributed by atoms with Gasteiger partial charge in [0, 0.05) is 0 Å².